The Morgan fingerprint density at radius 1 is 1.56 bits per heavy atom. The molecule has 0 atom stereocenters. The Labute approximate surface area is 58.2 Å². The van der Waals surface area contributed by atoms with Gasteiger partial charge in [-0.15, -0.1) is 0 Å². The number of alkyl halides is 2. The van der Waals surface area contributed by atoms with Crippen LogP contribution in [-0.2, 0) is 0 Å². The van der Waals surface area contributed by atoms with Crippen LogP contribution in [0.2, 0.25) is 0 Å². The average Bonchev–Trinajstić information content (AvgIpc) is 1.80. The zero-order chi connectivity index (χ0) is 7.11. The average molecular weight is 155 g/mol. The molecule has 0 bridgehead atoms. The summed E-state index contributed by atoms with van der Waals surface area (Å²) in [6, 6.07) is 0. The molecule has 0 unspecified atom stereocenters. The fourth-order valence-corrected chi connectivity index (χ4v) is 0.734. The first-order valence-electron chi connectivity index (χ1n) is 2.75. The van der Waals surface area contributed by atoms with Crippen LogP contribution in [0, 0.1) is 0 Å². The molecule has 0 aromatic heterocycles. The highest BCUT2D eigenvalue weighted by Gasteiger charge is 1.98. The number of halogens is 2. The Hall–Kier alpha value is 0.170. The summed E-state index contributed by atoms with van der Waals surface area (Å²) < 4.78 is 22.8. The van der Waals surface area contributed by atoms with Crippen LogP contribution in [-0.4, -0.2) is 31.5 Å². The first-order valence-corrected chi connectivity index (χ1v) is 4.14. The third-order valence-corrected chi connectivity index (χ3v) is 1.39. The number of thioether (sulfide) groups is 1. The van der Waals surface area contributed by atoms with Gasteiger partial charge in [-0.2, -0.15) is 11.8 Å². The lowest BCUT2D eigenvalue weighted by atomic mass is 10.6. The Balaban J connectivity index is 2.75. The lowest BCUT2D eigenvalue weighted by Crippen LogP contribution is -2.23. The molecular weight excluding hydrogens is 144 g/mol. The van der Waals surface area contributed by atoms with Gasteiger partial charge in [0.15, 0.2) is 0 Å². The number of rotatable bonds is 5. The molecule has 1 N–H and O–H groups in total. The van der Waals surface area contributed by atoms with Gasteiger partial charge in [0, 0.05) is 12.3 Å². The van der Waals surface area contributed by atoms with Crippen LogP contribution in [0.25, 0.3) is 0 Å². The summed E-state index contributed by atoms with van der Waals surface area (Å²) in [4.78, 5) is 0. The molecule has 0 aliphatic carbocycles. The Bertz CT molecular complexity index is 60.9. The largest absolute Gasteiger partial charge is 0.311 e. The summed E-state index contributed by atoms with van der Waals surface area (Å²) in [7, 11) is 0. The highest BCUT2D eigenvalue weighted by molar-refractivity contribution is 7.98. The third-order valence-electron chi connectivity index (χ3n) is 0.782. The van der Waals surface area contributed by atoms with E-state index >= 15 is 0 Å². The lowest BCUT2D eigenvalue weighted by molar-refractivity contribution is 0.147. The maximum absolute atomic E-state index is 11.4. The molecule has 0 amide bonds. The standard InChI is InChI=1S/C5H11F2NS/c1-9-3-2-8-4-5(6)7/h5,8H,2-4H2,1H3. The van der Waals surface area contributed by atoms with E-state index < -0.39 is 6.43 Å². The van der Waals surface area contributed by atoms with Crippen molar-refractivity contribution in [2.75, 3.05) is 25.1 Å². The fourth-order valence-electron chi connectivity index (χ4n) is 0.385. The van der Waals surface area contributed by atoms with Crippen LogP contribution in [0.4, 0.5) is 8.78 Å². The van der Waals surface area contributed by atoms with Gasteiger partial charge in [0.05, 0.1) is 6.54 Å². The van der Waals surface area contributed by atoms with E-state index in [-0.39, 0.29) is 6.54 Å². The molecule has 0 aliphatic rings. The van der Waals surface area contributed by atoms with E-state index in [9.17, 15) is 8.78 Å². The third kappa shape index (κ3) is 8.17. The highest BCUT2D eigenvalue weighted by Crippen LogP contribution is 1.89. The van der Waals surface area contributed by atoms with Crippen LogP contribution in [0.1, 0.15) is 0 Å². The predicted molar refractivity (Wildman–Crippen MR) is 37.3 cm³/mol. The zero-order valence-corrected chi connectivity index (χ0v) is 6.18. The summed E-state index contributed by atoms with van der Waals surface area (Å²) in [5.74, 6) is 0.896. The molecule has 0 aromatic rings. The van der Waals surface area contributed by atoms with Gasteiger partial charge in [0.2, 0.25) is 0 Å². The van der Waals surface area contributed by atoms with Crippen molar-refractivity contribution in [2.24, 2.45) is 0 Å². The maximum Gasteiger partial charge on any atom is 0.250 e. The van der Waals surface area contributed by atoms with Crippen LogP contribution in [0.3, 0.4) is 0 Å². The second kappa shape index (κ2) is 6.29. The normalized spacial score (nSPS) is 10.7. The Morgan fingerprint density at radius 2 is 2.22 bits per heavy atom. The second-order valence-electron chi connectivity index (χ2n) is 1.59. The minimum absolute atomic E-state index is 0.180. The first-order chi connectivity index (χ1) is 4.27. The van der Waals surface area contributed by atoms with Gasteiger partial charge in [-0.05, 0) is 6.26 Å². The number of nitrogens with one attached hydrogen (secondary N) is 1. The molecule has 9 heavy (non-hydrogen) atoms. The molecule has 0 spiro atoms. The molecule has 1 nitrogen and oxygen atoms in total. The monoisotopic (exact) mass is 155 g/mol. The molecule has 0 aromatic carbocycles. The lowest BCUT2D eigenvalue weighted by Gasteiger charge is -2.00. The Kier molecular flexibility index (Phi) is 6.41. The molecule has 0 saturated carbocycles. The molecular formula is C5H11F2NS. The van der Waals surface area contributed by atoms with E-state index in [0.29, 0.717) is 6.54 Å². The minimum atomic E-state index is -2.22. The summed E-state index contributed by atoms with van der Waals surface area (Å²) in [6.07, 6.45) is -0.267. The van der Waals surface area contributed by atoms with Gasteiger partial charge >= 0.3 is 0 Å². The summed E-state index contributed by atoms with van der Waals surface area (Å²) in [5, 5.41) is 2.61. The minimum Gasteiger partial charge on any atom is -0.311 e. The smallest absolute Gasteiger partial charge is 0.250 e. The van der Waals surface area contributed by atoms with Crippen molar-refractivity contribution >= 4 is 11.8 Å². The van der Waals surface area contributed by atoms with Gasteiger partial charge in [-0.3, -0.25) is 0 Å². The van der Waals surface area contributed by atoms with Crippen LogP contribution < -0.4 is 5.32 Å². The summed E-state index contributed by atoms with van der Waals surface area (Å²) in [6.45, 7) is 0.492. The van der Waals surface area contributed by atoms with E-state index in [0.717, 1.165) is 5.75 Å². The first kappa shape index (κ1) is 9.17. The van der Waals surface area contributed by atoms with Gasteiger partial charge in [0.25, 0.3) is 6.43 Å². The molecule has 4 heteroatoms. The van der Waals surface area contributed by atoms with Crippen LogP contribution >= 0.6 is 11.8 Å². The quantitative estimate of drug-likeness (QED) is 0.599. The van der Waals surface area contributed by atoms with Crippen molar-refractivity contribution in [3.05, 3.63) is 0 Å². The van der Waals surface area contributed by atoms with Gasteiger partial charge in [-0.25, -0.2) is 8.78 Å². The fraction of sp³-hybridized carbons (Fsp3) is 1.00. The second-order valence-corrected chi connectivity index (χ2v) is 2.57. The maximum atomic E-state index is 11.4. The molecule has 0 heterocycles. The van der Waals surface area contributed by atoms with Crippen LogP contribution in [0.5, 0.6) is 0 Å². The van der Waals surface area contributed by atoms with Gasteiger partial charge in [-0.1, -0.05) is 0 Å². The van der Waals surface area contributed by atoms with E-state index in [1.54, 1.807) is 11.8 Å². The van der Waals surface area contributed by atoms with Crippen molar-refractivity contribution in [1.29, 1.82) is 0 Å². The van der Waals surface area contributed by atoms with Crippen molar-refractivity contribution in [1.82, 2.24) is 5.32 Å². The zero-order valence-electron chi connectivity index (χ0n) is 5.36. The topological polar surface area (TPSA) is 12.0 Å². The van der Waals surface area contributed by atoms with E-state index in [1.165, 1.54) is 0 Å². The predicted octanol–water partition coefficient (Wildman–Crippen LogP) is 1.20. The van der Waals surface area contributed by atoms with Crippen LogP contribution in [0.15, 0.2) is 0 Å². The highest BCUT2D eigenvalue weighted by atomic mass is 32.2. The summed E-state index contributed by atoms with van der Waals surface area (Å²) in [5.41, 5.74) is 0. The Morgan fingerprint density at radius 3 is 2.67 bits per heavy atom. The van der Waals surface area contributed by atoms with Gasteiger partial charge in [0.1, 0.15) is 0 Å². The SMILES string of the molecule is CSCCNCC(F)F. The number of hydrogen-bond donors (Lipinski definition) is 1. The molecule has 0 fully saturated rings. The van der Waals surface area contributed by atoms with Crippen molar-refractivity contribution in [3.8, 4) is 0 Å². The molecule has 56 valence electrons. The summed E-state index contributed by atoms with van der Waals surface area (Å²) >= 11 is 1.65. The molecule has 0 saturated heterocycles. The van der Waals surface area contributed by atoms with Gasteiger partial charge < -0.3 is 5.32 Å². The molecule has 0 radical (unpaired) electrons. The molecule has 0 rings (SSSR count). The van der Waals surface area contributed by atoms with E-state index in [4.69, 9.17) is 0 Å². The van der Waals surface area contributed by atoms with E-state index in [1.807, 2.05) is 6.26 Å². The molecule has 0 aliphatic heterocycles. The van der Waals surface area contributed by atoms with E-state index in [2.05, 4.69) is 5.32 Å². The van der Waals surface area contributed by atoms with Crippen molar-refractivity contribution in [3.63, 3.8) is 0 Å². The van der Waals surface area contributed by atoms with Crippen molar-refractivity contribution in [2.45, 2.75) is 6.43 Å². The van der Waals surface area contributed by atoms with Crippen molar-refractivity contribution < 1.29 is 8.78 Å². The number of hydrogen-bond acceptors (Lipinski definition) is 2.